The van der Waals surface area contributed by atoms with Gasteiger partial charge in [-0.25, -0.2) is 9.59 Å². The van der Waals surface area contributed by atoms with Gasteiger partial charge in [-0.15, -0.1) is 0 Å². The van der Waals surface area contributed by atoms with Gasteiger partial charge in [0, 0.05) is 5.56 Å². The first-order valence-electron chi connectivity index (χ1n) is 6.72. The number of aromatic nitrogens is 2. The normalized spacial score (nSPS) is 10.6. The van der Waals surface area contributed by atoms with E-state index in [1.165, 1.54) is 7.05 Å². The maximum atomic E-state index is 12.0. The van der Waals surface area contributed by atoms with Crippen molar-refractivity contribution in [3.8, 4) is 11.4 Å². The van der Waals surface area contributed by atoms with Crippen LogP contribution in [-0.2, 0) is 13.7 Å². The van der Waals surface area contributed by atoms with Crippen molar-refractivity contribution in [1.82, 2.24) is 9.31 Å². The zero-order valence-electron chi connectivity index (χ0n) is 11.9. The van der Waals surface area contributed by atoms with Gasteiger partial charge in [0.2, 0.25) is 0 Å². The lowest BCUT2D eigenvalue weighted by Crippen LogP contribution is -2.27. The smallest absolute Gasteiger partial charge is 0.447 e. The van der Waals surface area contributed by atoms with E-state index in [0.29, 0.717) is 17.0 Å². The van der Waals surface area contributed by atoms with Gasteiger partial charge >= 0.3 is 11.4 Å². The molecule has 0 atom stereocenters. The van der Waals surface area contributed by atoms with Crippen LogP contribution in [0.1, 0.15) is 5.56 Å². The molecule has 22 heavy (non-hydrogen) atoms. The van der Waals surface area contributed by atoms with Crippen LogP contribution in [0.5, 0.6) is 5.75 Å². The zero-order chi connectivity index (χ0) is 15.5. The van der Waals surface area contributed by atoms with Gasteiger partial charge in [0.05, 0.1) is 12.7 Å². The molecule has 2 aromatic carbocycles. The van der Waals surface area contributed by atoms with Crippen molar-refractivity contribution in [3.05, 3.63) is 81.2 Å². The van der Waals surface area contributed by atoms with Crippen LogP contribution in [0.4, 0.5) is 0 Å². The molecule has 0 spiro atoms. The van der Waals surface area contributed by atoms with Crippen molar-refractivity contribution < 1.29 is 9.26 Å². The van der Waals surface area contributed by atoms with Crippen LogP contribution in [-0.4, -0.2) is 9.31 Å². The highest BCUT2D eigenvalue weighted by atomic mass is 16.5. The van der Waals surface area contributed by atoms with Gasteiger partial charge in [-0.05, 0) is 18.2 Å². The maximum absolute atomic E-state index is 12.0. The molecule has 112 valence electrons. The Bertz CT molecular complexity index is 890. The maximum Gasteiger partial charge on any atom is 0.447 e. The minimum Gasteiger partial charge on any atom is -0.489 e. The summed E-state index contributed by atoms with van der Waals surface area (Å²) in [7, 11) is 1.39. The van der Waals surface area contributed by atoms with Gasteiger partial charge in [0.15, 0.2) is 0 Å². The number of rotatable bonds is 4. The van der Waals surface area contributed by atoms with E-state index in [-0.39, 0.29) is 6.61 Å². The Morgan fingerprint density at radius 3 is 2.36 bits per heavy atom. The van der Waals surface area contributed by atoms with Crippen molar-refractivity contribution in [1.29, 1.82) is 0 Å². The van der Waals surface area contributed by atoms with Gasteiger partial charge in [-0.3, -0.25) is 0 Å². The third-order valence-corrected chi connectivity index (χ3v) is 3.23. The number of ether oxygens (including phenoxy) is 1. The molecular formula is C16H14N2O4. The second-order valence-electron chi connectivity index (χ2n) is 4.70. The summed E-state index contributed by atoms with van der Waals surface area (Å²) in [6.45, 7) is 0.237. The van der Waals surface area contributed by atoms with Crippen LogP contribution in [0.2, 0.25) is 0 Å². The zero-order valence-corrected chi connectivity index (χ0v) is 11.9. The SMILES string of the molecule is Cn1oc(=O)n(-c2ccccc2COc2ccccc2)c1=O. The first kappa shape index (κ1) is 13.9. The molecule has 0 amide bonds. The summed E-state index contributed by atoms with van der Waals surface area (Å²) in [4.78, 5) is 23.8. The predicted molar refractivity (Wildman–Crippen MR) is 80.3 cm³/mol. The Kier molecular flexibility index (Phi) is 3.65. The molecule has 0 N–H and O–H groups in total. The number of benzene rings is 2. The minimum absolute atomic E-state index is 0.237. The van der Waals surface area contributed by atoms with Crippen molar-refractivity contribution in [2.45, 2.75) is 6.61 Å². The molecule has 6 nitrogen and oxygen atoms in total. The molecule has 0 bridgehead atoms. The first-order chi connectivity index (χ1) is 10.7. The fourth-order valence-corrected chi connectivity index (χ4v) is 2.15. The quantitative estimate of drug-likeness (QED) is 0.735. The summed E-state index contributed by atoms with van der Waals surface area (Å²) in [5, 5.41) is 0. The summed E-state index contributed by atoms with van der Waals surface area (Å²) in [5.41, 5.74) is 0.641. The van der Waals surface area contributed by atoms with E-state index in [1.807, 2.05) is 36.4 Å². The molecule has 1 aromatic heterocycles. The standard InChI is InChI=1S/C16H14N2O4/c1-17-15(19)18(16(20)22-17)14-10-6-5-7-12(14)11-21-13-8-3-2-4-9-13/h2-10H,11H2,1H3. The third kappa shape index (κ3) is 2.58. The molecule has 0 unspecified atom stereocenters. The molecule has 6 heteroatoms. The highest BCUT2D eigenvalue weighted by Crippen LogP contribution is 2.16. The molecule has 0 aliphatic heterocycles. The summed E-state index contributed by atoms with van der Waals surface area (Å²) in [5.74, 6) is -0.00981. The number of aryl methyl sites for hydroxylation is 1. The summed E-state index contributed by atoms with van der Waals surface area (Å²) in [6.07, 6.45) is 0. The second kappa shape index (κ2) is 5.77. The third-order valence-electron chi connectivity index (χ3n) is 3.23. The summed E-state index contributed by atoms with van der Waals surface area (Å²) >= 11 is 0. The highest BCUT2D eigenvalue weighted by Gasteiger charge is 2.14. The van der Waals surface area contributed by atoms with Crippen molar-refractivity contribution in [2.24, 2.45) is 7.05 Å². The van der Waals surface area contributed by atoms with Gasteiger partial charge in [-0.1, -0.05) is 36.4 Å². The number of hydrogen-bond donors (Lipinski definition) is 0. The lowest BCUT2D eigenvalue weighted by atomic mass is 10.2. The van der Waals surface area contributed by atoms with Crippen LogP contribution in [0.3, 0.4) is 0 Å². The molecule has 0 saturated heterocycles. The summed E-state index contributed by atoms with van der Waals surface area (Å²) < 4.78 is 12.4. The summed E-state index contributed by atoms with van der Waals surface area (Å²) in [6, 6.07) is 16.4. The molecule has 3 aromatic rings. The van der Waals surface area contributed by atoms with Gasteiger partial charge < -0.3 is 9.26 Å². The van der Waals surface area contributed by atoms with Gasteiger partial charge in [-0.2, -0.15) is 9.31 Å². The topological polar surface area (TPSA) is 66.4 Å². The predicted octanol–water partition coefficient (Wildman–Crippen LogP) is 1.71. The fraction of sp³-hybridized carbons (Fsp3) is 0.125. The Morgan fingerprint density at radius 2 is 1.68 bits per heavy atom. The molecular weight excluding hydrogens is 284 g/mol. The van der Waals surface area contributed by atoms with Gasteiger partial charge in [0.1, 0.15) is 12.4 Å². The van der Waals surface area contributed by atoms with E-state index in [1.54, 1.807) is 18.2 Å². The Balaban J connectivity index is 1.97. The molecule has 1 heterocycles. The number of nitrogens with zero attached hydrogens (tertiary/aromatic N) is 2. The molecule has 0 aliphatic carbocycles. The molecule has 3 rings (SSSR count). The molecule has 0 radical (unpaired) electrons. The average molecular weight is 298 g/mol. The second-order valence-corrected chi connectivity index (χ2v) is 4.70. The minimum atomic E-state index is -0.723. The van der Waals surface area contributed by atoms with Crippen LogP contribution in [0, 0.1) is 0 Å². The van der Waals surface area contributed by atoms with Crippen molar-refractivity contribution >= 4 is 0 Å². The average Bonchev–Trinajstić information content (AvgIpc) is 2.79. The molecule has 0 saturated carbocycles. The molecule has 0 fully saturated rings. The lowest BCUT2D eigenvalue weighted by Gasteiger charge is -2.10. The van der Waals surface area contributed by atoms with Crippen LogP contribution in [0.15, 0.2) is 68.7 Å². The lowest BCUT2D eigenvalue weighted by molar-refractivity contribution is 0.276. The van der Waals surface area contributed by atoms with E-state index in [4.69, 9.17) is 9.26 Å². The first-order valence-corrected chi connectivity index (χ1v) is 6.72. The molecule has 0 aliphatic rings. The Hall–Kier alpha value is -3.02. The Morgan fingerprint density at radius 1 is 1.00 bits per heavy atom. The van der Waals surface area contributed by atoms with Crippen LogP contribution >= 0.6 is 0 Å². The van der Waals surface area contributed by atoms with Crippen molar-refractivity contribution in [2.75, 3.05) is 0 Å². The van der Waals surface area contributed by atoms with E-state index in [2.05, 4.69) is 0 Å². The van der Waals surface area contributed by atoms with Gasteiger partial charge in [0.25, 0.3) is 0 Å². The highest BCUT2D eigenvalue weighted by molar-refractivity contribution is 5.40. The Labute approximate surface area is 125 Å². The van der Waals surface area contributed by atoms with E-state index >= 15 is 0 Å². The van der Waals surface area contributed by atoms with E-state index in [9.17, 15) is 9.59 Å². The monoisotopic (exact) mass is 298 g/mol. The fourth-order valence-electron chi connectivity index (χ4n) is 2.15. The van der Waals surface area contributed by atoms with Crippen LogP contribution in [0.25, 0.3) is 5.69 Å². The largest absolute Gasteiger partial charge is 0.489 e. The van der Waals surface area contributed by atoms with E-state index in [0.717, 1.165) is 9.31 Å². The number of para-hydroxylation sites is 2. The van der Waals surface area contributed by atoms with Crippen LogP contribution < -0.4 is 16.2 Å². The van der Waals surface area contributed by atoms with E-state index < -0.39 is 11.4 Å². The van der Waals surface area contributed by atoms with Crippen molar-refractivity contribution in [3.63, 3.8) is 0 Å². The number of hydrogen-bond acceptors (Lipinski definition) is 4.